The number of β-amino-alcohol motifs (C(OH)–C–C–N with tert-alkyl or cyclic N) is 1. The lowest BCUT2D eigenvalue weighted by Crippen LogP contribution is -2.48. The first-order chi connectivity index (χ1) is 17.8. The third-order valence-corrected chi connectivity index (χ3v) is 7.48. The fourth-order valence-electron chi connectivity index (χ4n) is 4.15. The van der Waals surface area contributed by atoms with Crippen LogP contribution < -0.4 is 0 Å². The summed E-state index contributed by atoms with van der Waals surface area (Å²) < 4.78 is 28.9. The molecule has 0 bridgehead atoms. The summed E-state index contributed by atoms with van der Waals surface area (Å²) in [4.78, 5) is 55.9. The Hall–Kier alpha value is -1.25. The van der Waals surface area contributed by atoms with E-state index in [1.807, 2.05) is 35.2 Å². The van der Waals surface area contributed by atoms with Crippen LogP contribution in [-0.2, 0) is 25.3 Å². The normalized spacial score (nSPS) is 19.5. The van der Waals surface area contributed by atoms with Crippen molar-refractivity contribution in [2.45, 2.75) is 12.7 Å². The molecule has 1 fully saturated rings. The Morgan fingerprint density at radius 2 is 1.24 bits per heavy atom. The quantitative estimate of drug-likeness (QED) is 0.167. The molecule has 0 radical (unpaired) electrons. The van der Waals surface area contributed by atoms with Crippen LogP contribution in [0.3, 0.4) is 0 Å². The number of aliphatic hydroxyl groups excluding tert-OH is 1. The molecule has 0 aromatic heterocycles. The van der Waals surface area contributed by atoms with Gasteiger partial charge in [-0.2, -0.15) is 0 Å². The van der Waals surface area contributed by atoms with Crippen LogP contribution in [-0.4, -0.2) is 146 Å². The number of benzene rings is 1. The van der Waals surface area contributed by atoms with E-state index in [9.17, 15) is 43.7 Å². The lowest BCUT2D eigenvalue weighted by molar-refractivity contribution is -0.138. The lowest BCUT2D eigenvalue weighted by atomic mass is 10.2. The van der Waals surface area contributed by atoms with Gasteiger partial charge >= 0.3 is 21.2 Å². The van der Waals surface area contributed by atoms with E-state index in [-0.39, 0.29) is 52.4 Å². The summed E-state index contributed by atoms with van der Waals surface area (Å²) in [7, 11) is -8.80. The van der Waals surface area contributed by atoms with Crippen molar-refractivity contribution in [3.8, 4) is 0 Å². The number of hydrogen-bond donors (Lipinski definition) is 6. The second-order valence-electron chi connectivity index (χ2n) is 9.47. The first-order valence-electron chi connectivity index (χ1n) is 12.3. The summed E-state index contributed by atoms with van der Waals surface area (Å²) in [6, 6.07) is 9.51. The molecule has 1 saturated heterocycles. The Bertz CT molecular complexity index is 932. The van der Waals surface area contributed by atoms with Gasteiger partial charge in [-0.15, -0.1) is 0 Å². The minimum Gasteiger partial charge on any atom is -0.480 e. The summed E-state index contributed by atoms with van der Waals surface area (Å²) in [5.74, 6) is -1.03. The monoisotopic (exact) mass is 582 g/mol. The van der Waals surface area contributed by atoms with Gasteiger partial charge in [-0.25, -0.2) is 0 Å². The van der Waals surface area contributed by atoms with Crippen molar-refractivity contribution in [2.75, 3.05) is 84.6 Å². The molecule has 6 N–H and O–H groups in total. The second kappa shape index (κ2) is 16.1. The summed E-state index contributed by atoms with van der Waals surface area (Å²) in [6.07, 6.45) is -1.90. The van der Waals surface area contributed by atoms with Crippen LogP contribution >= 0.6 is 15.2 Å². The number of aliphatic carboxylic acids is 1. The summed E-state index contributed by atoms with van der Waals surface area (Å²) in [6.45, 7) is 2.26. The van der Waals surface area contributed by atoms with Gasteiger partial charge in [-0.1, -0.05) is 30.3 Å². The maximum atomic E-state index is 11.7. The topological polar surface area (TPSA) is 195 Å². The fraction of sp³-hybridized carbons (Fsp3) is 0.682. The fourth-order valence-corrected chi connectivity index (χ4v) is 5.76. The van der Waals surface area contributed by atoms with Crippen LogP contribution in [0, 0.1) is 0 Å². The van der Waals surface area contributed by atoms with E-state index in [4.69, 9.17) is 4.74 Å². The smallest absolute Gasteiger partial charge is 0.339 e. The van der Waals surface area contributed by atoms with Crippen LogP contribution in [0.25, 0.3) is 0 Å². The molecule has 16 heteroatoms. The Balaban J connectivity index is 2.07. The number of carbonyl (C=O) groups is 1. The molecule has 0 saturated carbocycles. The molecule has 2 rings (SSSR count). The number of ether oxygens (including phenoxy) is 1. The standard InChI is InChI=1S/C22H40N4O10P2/c27-21(17-36-16-20-4-2-1-3-5-20)14-23-6-7-24(15-22(28)29)9-11-26(19-38(33,34)35)13-12-25(10-8-23)18-37(30,31)32/h1-5,21,27H,6-19H2,(H,28,29)(H2,30,31,32)(H2,33,34,35). The van der Waals surface area contributed by atoms with Gasteiger partial charge in [0.2, 0.25) is 0 Å². The zero-order chi connectivity index (χ0) is 28.2. The van der Waals surface area contributed by atoms with E-state index >= 15 is 0 Å². The van der Waals surface area contributed by atoms with Crippen LogP contribution in [0.15, 0.2) is 30.3 Å². The summed E-state index contributed by atoms with van der Waals surface area (Å²) in [5, 5.41) is 19.9. The Morgan fingerprint density at radius 3 is 1.68 bits per heavy atom. The summed E-state index contributed by atoms with van der Waals surface area (Å²) >= 11 is 0. The molecular formula is C22H40N4O10P2. The van der Waals surface area contributed by atoms with E-state index in [1.54, 1.807) is 4.90 Å². The molecule has 1 aromatic rings. The van der Waals surface area contributed by atoms with Crippen molar-refractivity contribution in [2.24, 2.45) is 0 Å². The highest BCUT2D eigenvalue weighted by Crippen LogP contribution is 2.36. The largest absolute Gasteiger partial charge is 0.480 e. The van der Waals surface area contributed by atoms with E-state index in [1.165, 1.54) is 9.80 Å². The Labute approximate surface area is 222 Å². The van der Waals surface area contributed by atoms with Crippen LogP contribution in [0.2, 0.25) is 0 Å². The first kappa shape index (κ1) is 33.0. The van der Waals surface area contributed by atoms with E-state index in [0.29, 0.717) is 26.2 Å². The molecule has 0 aliphatic carbocycles. The molecule has 1 aliphatic rings. The van der Waals surface area contributed by atoms with Gasteiger partial charge < -0.3 is 34.5 Å². The van der Waals surface area contributed by atoms with E-state index in [0.717, 1.165) is 5.56 Å². The van der Waals surface area contributed by atoms with Crippen molar-refractivity contribution >= 4 is 21.2 Å². The van der Waals surface area contributed by atoms with Crippen molar-refractivity contribution in [3.05, 3.63) is 35.9 Å². The molecule has 38 heavy (non-hydrogen) atoms. The zero-order valence-corrected chi connectivity index (χ0v) is 23.2. The molecule has 0 spiro atoms. The van der Waals surface area contributed by atoms with Gasteiger partial charge in [-0.3, -0.25) is 33.5 Å². The number of aliphatic hydroxyl groups is 1. The van der Waals surface area contributed by atoms with Crippen LogP contribution in [0.4, 0.5) is 0 Å². The second-order valence-corrected chi connectivity index (χ2v) is 12.7. The third-order valence-electron chi connectivity index (χ3n) is 5.95. The number of rotatable bonds is 12. The first-order valence-corrected chi connectivity index (χ1v) is 15.9. The average Bonchev–Trinajstić information content (AvgIpc) is 2.79. The van der Waals surface area contributed by atoms with E-state index in [2.05, 4.69) is 0 Å². The highest BCUT2D eigenvalue weighted by atomic mass is 31.2. The molecule has 0 amide bonds. The van der Waals surface area contributed by atoms with Crippen LogP contribution in [0.1, 0.15) is 5.56 Å². The lowest BCUT2D eigenvalue weighted by Gasteiger charge is -2.34. The van der Waals surface area contributed by atoms with E-state index < -0.39 is 39.8 Å². The summed E-state index contributed by atoms with van der Waals surface area (Å²) in [5.41, 5.74) is 0.969. The van der Waals surface area contributed by atoms with Gasteiger partial charge in [0.1, 0.15) is 12.6 Å². The van der Waals surface area contributed by atoms with Gasteiger partial charge in [0.15, 0.2) is 0 Å². The molecule has 14 nitrogen and oxygen atoms in total. The maximum absolute atomic E-state index is 11.7. The van der Waals surface area contributed by atoms with Crippen molar-refractivity contribution in [3.63, 3.8) is 0 Å². The highest BCUT2D eigenvalue weighted by Gasteiger charge is 2.25. The zero-order valence-electron chi connectivity index (χ0n) is 21.4. The number of carboxylic acids is 1. The predicted octanol–water partition coefficient (Wildman–Crippen LogP) is -0.859. The SMILES string of the molecule is O=C(O)CN1CCN(CC(O)COCc2ccccc2)CCN(CP(=O)(O)O)CCN(CP(=O)(O)O)CC1. The minimum atomic E-state index is -4.40. The van der Waals surface area contributed by atoms with Crippen LogP contribution in [0.5, 0.6) is 0 Å². The highest BCUT2D eigenvalue weighted by molar-refractivity contribution is 7.51. The van der Waals surface area contributed by atoms with Crippen molar-refractivity contribution in [1.82, 2.24) is 19.6 Å². The van der Waals surface area contributed by atoms with Gasteiger partial charge in [0, 0.05) is 58.9 Å². The Morgan fingerprint density at radius 1 is 0.789 bits per heavy atom. The maximum Gasteiger partial charge on any atom is 0.339 e. The molecular weight excluding hydrogens is 542 g/mol. The molecule has 1 atom stereocenters. The number of carboxylic acid groups (broad SMARTS) is 1. The average molecular weight is 583 g/mol. The molecule has 1 aliphatic heterocycles. The minimum absolute atomic E-state index is 0.0771. The number of hydrogen-bond acceptors (Lipinski definition) is 9. The molecule has 218 valence electrons. The molecule has 1 unspecified atom stereocenters. The van der Waals surface area contributed by atoms with Crippen molar-refractivity contribution in [1.29, 1.82) is 0 Å². The van der Waals surface area contributed by atoms with Gasteiger partial charge in [-0.05, 0) is 5.56 Å². The van der Waals surface area contributed by atoms with Gasteiger partial charge in [0.25, 0.3) is 0 Å². The van der Waals surface area contributed by atoms with Crippen molar-refractivity contribution < 1.29 is 48.4 Å². The van der Waals surface area contributed by atoms with Gasteiger partial charge in [0.05, 0.1) is 25.9 Å². The number of nitrogens with zero attached hydrogens (tertiary/aromatic N) is 4. The Kier molecular flexibility index (Phi) is 14.0. The molecule has 1 heterocycles. The third kappa shape index (κ3) is 15.4. The predicted molar refractivity (Wildman–Crippen MR) is 140 cm³/mol. The molecule has 1 aromatic carbocycles.